The number of hydrogen-bond acceptors (Lipinski definition) is 32. The first kappa shape index (κ1) is 99.6. The van der Waals surface area contributed by atoms with Gasteiger partial charge in [0.2, 0.25) is 17.6 Å². The zero-order valence-corrected chi connectivity index (χ0v) is 77.9. The number of piperazine rings is 1. The summed E-state index contributed by atoms with van der Waals surface area (Å²) >= 11 is 0. The number of allylic oxidation sites excluding steroid dienone is 6. The number of aliphatic hydroxyl groups excluding tert-OH is 2. The number of piperidine rings is 1. The van der Waals surface area contributed by atoms with Gasteiger partial charge in [-0.05, 0) is 150 Å². The minimum absolute atomic E-state index is 0.0233. The highest BCUT2D eigenvalue weighted by Crippen LogP contribution is 2.43. The van der Waals surface area contributed by atoms with Crippen LogP contribution in [0.1, 0.15) is 157 Å². The first-order valence-electron chi connectivity index (χ1n) is 46.8. The fourth-order valence-corrected chi connectivity index (χ4v) is 18.5. The average molecular weight is 1840 g/mol. The minimum atomic E-state index is -2.49. The number of ether oxygens (including phenoxy) is 8. The predicted octanol–water partition coefficient (Wildman–Crippen LogP) is 9.20. The summed E-state index contributed by atoms with van der Waals surface area (Å²) in [4.78, 5) is 113. The second-order valence-electron chi connectivity index (χ2n) is 36.1. The van der Waals surface area contributed by atoms with Crippen LogP contribution in [0, 0.1) is 35.5 Å². The van der Waals surface area contributed by atoms with Crippen LogP contribution in [0.5, 0.6) is 0 Å². The van der Waals surface area contributed by atoms with Gasteiger partial charge in [-0.25, -0.2) is 38.8 Å². The summed E-state index contributed by atoms with van der Waals surface area (Å²) in [6.07, 6.45) is 20.6. The van der Waals surface area contributed by atoms with Crippen LogP contribution in [0.2, 0.25) is 0 Å². The summed E-state index contributed by atoms with van der Waals surface area (Å²) in [6.45, 7) is 20.8. The lowest BCUT2D eigenvalue weighted by molar-refractivity contribution is -0.265. The Hall–Kier alpha value is -10.8. The summed E-state index contributed by atoms with van der Waals surface area (Å²) in [5.41, 5.74) is 20.6. The van der Waals surface area contributed by atoms with Crippen molar-refractivity contribution >= 4 is 75.0 Å². The van der Waals surface area contributed by atoms with E-state index in [2.05, 4.69) is 56.8 Å². The monoisotopic (exact) mass is 1840 g/mol. The molecule has 5 aliphatic rings. The molecule has 10 heterocycles. The van der Waals surface area contributed by atoms with Gasteiger partial charge in [0.1, 0.15) is 53.5 Å². The maximum absolute atomic E-state index is 14.9. The number of ketones is 3. The Bertz CT molecular complexity index is 5330. The third kappa shape index (κ3) is 26.2. The molecule has 2 aromatic carbocycles. The third-order valence-electron chi connectivity index (χ3n) is 26.3. The Morgan fingerprint density at radius 1 is 0.737 bits per heavy atom. The van der Waals surface area contributed by atoms with Gasteiger partial charge in [-0.1, -0.05) is 99.7 Å². The first-order valence-corrected chi connectivity index (χ1v) is 46.8. The molecule has 37 heteroatoms. The van der Waals surface area contributed by atoms with Crippen LogP contribution in [0.4, 0.5) is 17.8 Å². The Balaban J connectivity index is 0.527. The smallest absolute Gasteiger partial charge is 0.329 e. The van der Waals surface area contributed by atoms with E-state index in [9.17, 15) is 44.1 Å². The maximum Gasteiger partial charge on any atom is 0.329 e. The number of aromatic nitrogens is 13. The van der Waals surface area contributed by atoms with Crippen LogP contribution >= 0.6 is 0 Å². The molecule has 8 aromatic rings. The van der Waals surface area contributed by atoms with Gasteiger partial charge >= 0.3 is 5.97 Å². The predicted molar refractivity (Wildman–Crippen MR) is 495 cm³/mol. The fraction of sp³-hybridized carbons (Fsp3) is 0.583. The zero-order valence-electron chi connectivity index (χ0n) is 77.9. The van der Waals surface area contributed by atoms with E-state index >= 15 is 0 Å². The molecule has 4 fully saturated rings. The normalized spacial score (nSPS) is 26.7. The number of aliphatic hydroxyl groups is 3. The van der Waals surface area contributed by atoms with E-state index in [1.54, 1.807) is 63.5 Å². The highest BCUT2D eigenvalue weighted by atomic mass is 16.6. The number of rotatable bonds is 32. The Morgan fingerprint density at radius 3 is 2.25 bits per heavy atom. The number of oxazole rings is 1. The fourth-order valence-electron chi connectivity index (χ4n) is 18.5. The number of esters is 1. The number of fused-ring (bicyclic) bond motifs is 5. The van der Waals surface area contributed by atoms with Crippen LogP contribution in [0.25, 0.3) is 55.8 Å². The number of amides is 2. The molecule has 1 aliphatic carbocycles. The molecule has 13 rings (SSSR count). The minimum Gasteiger partial charge on any atom is -0.460 e. The van der Waals surface area contributed by atoms with Crippen molar-refractivity contribution in [3.8, 4) is 33.6 Å². The second-order valence-corrected chi connectivity index (χ2v) is 36.1. The molecule has 0 unspecified atom stereocenters. The number of hydrogen-bond donors (Lipinski definition) is 6. The number of aryl methyl sites for hydroxylation is 1. The number of cyclic esters (lactones) is 1. The number of carbonyl (C=O) groups is 6. The molecule has 2 bridgehead atoms. The number of unbranched alkanes of at least 4 members (excludes halogenated alkanes) is 1. The first-order chi connectivity index (χ1) is 64.2. The van der Waals surface area contributed by atoms with Crippen molar-refractivity contribution in [2.75, 3.05) is 123 Å². The summed E-state index contributed by atoms with van der Waals surface area (Å²) in [5.74, 6) is -8.20. The number of methoxy groups -OCH3 is 2. The molecule has 0 radical (unpaired) electrons. The van der Waals surface area contributed by atoms with Crippen LogP contribution in [0.3, 0.4) is 0 Å². The Kier molecular flexibility index (Phi) is 35.9. The van der Waals surface area contributed by atoms with Gasteiger partial charge in [0.05, 0.1) is 107 Å². The molecule has 8 N–H and O–H groups in total. The van der Waals surface area contributed by atoms with Crippen molar-refractivity contribution in [3.05, 3.63) is 127 Å². The molecule has 3 saturated heterocycles. The van der Waals surface area contributed by atoms with E-state index in [-0.39, 0.29) is 86.1 Å². The van der Waals surface area contributed by atoms with E-state index in [4.69, 9.17) is 68.8 Å². The average Bonchev–Trinajstić information content (AvgIpc) is 1.62. The van der Waals surface area contributed by atoms with Crippen LogP contribution < -0.4 is 21.7 Å². The number of nitrogens with one attached hydrogen (secondary N) is 1. The lowest BCUT2D eigenvalue weighted by Gasteiger charge is -2.42. The summed E-state index contributed by atoms with van der Waals surface area (Å²) in [5, 5.41) is 61.3. The molecule has 1 saturated carbocycles. The standard InChI is InChI=1S/C96H131N19O18/c1-60-18-11-10-12-19-61(2)80(125-8)52-73-26-23-66(7)96(124,133-73)89(121)92(122)113-31-15-13-22-76(113)93(123)131-81(53-78(116)62(3)47-65(6)87(119)88(120)86(118)64(5)46-60)63(4)48-67-24-27-75(82(49-67)126-9)115-77(56-104-108-115)69-21-17-20-68(50-69)71-54-100-95(101-55-71)111-35-33-110(34-36-111)57-72-58-112(109-106-72)37-39-128-41-43-130-45-44-129-42-40-127-38-29-83(117)99-30-14-16-32-114-91-84(90(97)102-59-103-91)85(107-114)70-25-28-79-74(51-70)105-94(98)132-79/h10-12,17-21,25,28,47,50-51,54-56,58-60,62-64,66-67,73,75-76,80-82,87-88,119-120,124H,13-16,22-24,26-27,29-46,48-49,52-53,57H2,1-9H3,(H2,98,105)(H,99,117)(H2,97,102,103)/b12-10+,18-11+,61-19+,65-47+/t60-,62-,63-,64-,66-,67+,73+,75+,76+,80+,81+,82-,87-,88+,96-/m1/s1. The van der Waals surface area contributed by atoms with Gasteiger partial charge in [0, 0.05) is 139 Å². The Morgan fingerprint density at radius 2 is 1.49 bits per heavy atom. The molecule has 133 heavy (non-hydrogen) atoms. The molecule has 37 nitrogen and oxygen atoms in total. The molecule has 718 valence electrons. The van der Waals surface area contributed by atoms with E-state index in [1.807, 2.05) is 105 Å². The number of Topliss-reactive ketones (excluding diaryl/α,β-unsaturated/α-hetero) is 3. The van der Waals surface area contributed by atoms with Gasteiger partial charge in [0.15, 0.2) is 17.0 Å². The number of benzene rings is 2. The van der Waals surface area contributed by atoms with Gasteiger partial charge < -0.3 is 84.2 Å². The topological polar surface area (TPSA) is 468 Å². The van der Waals surface area contributed by atoms with Crippen LogP contribution in [-0.2, 0) is 86.3 Å². The van der Waals surface area contributed by atoms with Gasteiger partial charge in [-0.2, -0.15) is 10.1 Å². The number of nitrogens with zero attached hydrogens (tertiary/aromatic N) is 16. The largest absolute Gasteiger partial charge is 0.460 e. The zero-order chi connectivity index (χ0) is 94.2. The highest BCUT2D eigenvalue weighted by molar-refractivity contribution is 6.39. The molecule has 2 amide bonds. The van der Waals surface area contributed by atoms with Gasteiger partial charge in [0.25, 0.3) is 17.7 Å². The second kappa shape index (κ2) is 47.9. The number of nitrogen functional groups attached to an aromatic ring is 2. The lowest BCUT2D eigenvalue weighted by Crippen LogP contribution is -2.61. The molecule has 6 aromatic heterocycles. The summed E-state index contributed by atoms with van der Waals surface area (Å²) in [6, 6.07) is 12.3. The molecule has 0 spiro atoms. The summed E-state index contributed by atoms with van der Waals surface area (Å²) < 4.78 is 58.7. The van der Waals surface area contributed by atoms with Crippen molar-refractivity contribution in [1.29, 1.82) is 0 Å². The number of nitrogens with two attached hydrogens (primary N) is 2. The van der Waals surface area contributed by atoms with Crippen molar-refractivity contribution in [2.24, 2.45) is 35.5 Å². The Labute approximate surface area is 775 Å². The van der Waals surface area contributed by atoms with Crippen LogP contribution in [-0.4, -0.2) is 280 Å². The number of anilines is 3. The van der Waals surface area contributed by atoms with E-state index in [1.165, 1.54) is 17.3 Å². The van der Waals surface area contributed by atoms with Crippen LogP contribution in [0.15, 0.2) is 126 Å². The lowest BCUT2D eigenvalue weighted by atomic mass is 9.77. The van der Waals surface area contributed by atoms with Crippen molar-refractivity contribution in [1.82, 2.24) is 79.8 Å². The maximum atomic E-state index is 14.9. The van der Waals surface area contributed by atoms with Gasteiger partial charge in [-0.15, -0.1) is 10.2 Å². The molecule has 4 aliphatic heterocycles. The van der Waals surface area contributed by atoms with Crippen molar-refractivity contribution < 1.29 is 86.4 Å². The van der Waals surface area contributed by atoms with Crippen molar-refractivity contribution in [3.63, 3.8) is 0 Å². The van der Waals surface area contributed by atoms with E-state index in [0.717, 1.165) is 84.7 Å². The van der Waals surface area contributed by atoms with E-state index in [0.29, 0.717) is 163 Å². The van der Waals surface area contributed by atoms with Gasteiger partial charge in [-0.3, -0.25) is 28.9 Å². The van der Waals surface area contributed by atoms with Crippen molar-refractivity contribution in [2.45, 2.75) is 219 Å². The number of carbonyl (C=O) groups excluding carboxylic acids is 6. The molecular weight excluding hydrogens is 1710 g/mol. The highest BCUT2D eigenvalue weighted by Gasteiger charge is 2.53. The molecule has 15 atom stereocenters. The summed E-state index contributed by atoms with van der Waals surface area (Å²) in [7, 11) is 3.25. The SMILES string of the molecule is CO[C@H]1C[C@@H]2CC[C@@H](C)[C@@](O)(O2)C(=O)C(=O)N2CCCC[C@H]2C(=O)O[C@H]([C@H](C)C[C@@H]2CC[C@H](n3nncc3-c3cccc(-c4cnc(N5CCN(Cc6cn(CCOCCOCCOCCOCCC(=O)NCCCCn7nc(-c8ccc9oc(N)nc9c8)c8c(N)ncnc87)nn6)CC5)nc4)c3)[C@H](OC)C2)CC(=O)[C@H](C)/C=C(\C)[C@@H](O)[C@@H](O)C(=O)[C@H](C)C[C@H](C)/C=C/C=C/C=C/1C. The third-order valence-corrected chi connectivity index (χ3v) is 26.3. The van der Waals surface area contributed by atoms with E-state index < -0.39 is 89.5 Å². The molecular formula is C96H131N19O18. The quantitative estimate of drug-likeness (QED) is 0.00989.